The van der Waals surface area contributed by atoms with Crippen LogP contribution < -0.4 is 16.4 Å². The molecular weight excluding hydrogens is 361 g/mol. The minimum absolute atomic E-state index is 0.0775. The van der Waals surface area contributed by atoms with Crippen LogP contribution in [0.25, 0.3) is 5.69 Å². The van der Waals surface area contributed by atoms with Crippen LogP contribution in [0.5, 0.6) is 0 Å². The summed E-state index contributed by atoms with van der Waals surface area (Å²) in [6.07, 6.45) is 2.38. The average Bonchev–Trinajstić information content (AvgIpc) is 3.06. The van der Waals surface area contributed by atoms with E-state index in [1.54, 1.807) is 0 Å². The quantitative estimate of drug-likeness (QED) is 0.592. The third-order valence-electron chi connectivity index (χ3n) is 4.06. The average molecular weight is 379 g/mol. The van der Waals surface area contributed by atoms with Gasteiger partial charge in [-0.25, -0.2) is 9.07 Å². The number of benzene rings is 2. The van der Waals surface area contributed by atoms with Crippen molar-refractivity contribution in [1.29, 1.82) is 0 Å². The van der Waals surface area contributed by atoms with Gasteiger partial charge >= 0.3 is 0 Å². The smallest absolute Gasteiger partial charge is 0.261 e. The van der Waals surface area contributed by atoms with E-state index in [-0.39, 0.29) is 22.8 Å². The third kappa shape index (κ3) is 3.75. The fourth-order valence-corrected chi connectivity index (χ4v) is 2.61. The highest BCUT2D eigenvalue weighted by Crippen LogP contribution is 2.23. The van der Waals surface area contributed by atoms with Gasteiger partial charge in [0.1, 0.15) is 17.2 Å². The van der Waals surface area contributed by atoms with Gasteiger partial charge < -0.3 is 16.4 Å². The van der Waals surface area contributed by atoms with E-state index >= 15 is 0 Å². The molecular formula is C20H18FN5O2. The first-order valence-electron chi connectivity index (χ1n) is 8.34. The molecule has 3 aromatic rings. The minimum atomic E-state index is -0.639. The number of para-hydroxylation sites is 1. The van der Waals surface area contributed by atoms with Crippen LogP contribution in [-0.4, -0.2) is 21.6 Å². The van der Waals surface area contributed by atoms with Crippen molar-refractivity contribution < 1.29 is 14.0 Å². The number of nitrogen functional groups attached to an aromatic ring is 1. The number of halogens is 1. The first kappa shape index (κ1) is 18.8. The van der Waals surface area contributed by atoms with Crippen LogP contribution in [0.3, 0.4) is 0 Å². The zero-order chi connectivity index (χ0) is 20.3. The Labute approximate surface area is 160 Å². The third-order valence-corrected chi connectivity index (χ3v) is 4.06. The molecule has 0 bridgehead atoms. The lowest BCUT2D eigenvalue weighted by molar-refractivity contribution is -0.111. The van der Waals surface area contributed by atoms with E-state index in [1.807, 2.05) is 31.2 Å². The van der Waals surface area contributed by atoms with Gasteiger partial charge in [0.15, 0.2) is 0 Å². The van der Waals surface area contributed by atoms with Gasteiger partial charge in [-0.15, -0.1) is 0 Å². The molecule has 3 rings (SSSR count). The lowest BCUT2D eigenvalue weighted by Crippen LogP contribution is -2.15. The molecule has 0 saturated heterocycles. The van der Waals surface area contributed by atoms with E-state index in [0.717, 1.165) is 23.4 Å². The van der Waals surface area contributed by atoms with Crippen LogP contribution in [0.15, 0.2) is 61.3 Å². The first-order chi connectivity index (χ1) is 13.4. The maximum atomic E-state index is 13.8. The van der Waals surface area contributed by atoms with Gasteiger partial charge in [0.2, 0.25) is 5.91 Å². The highest BCUT2D eigenvalue weighted by molar-refractivity contribution is 6.07. The summed E-state index contributed by atoms with van der Waals surface area (Å²) in [4.78, 5) is 24.0. The zero-order valence-electron chi connectivity index (χ0n) is 15.1. The van der Waals surface area contributed by atoms with Gasteiger partial charge in [-0.1, -0.05) is 24.8 Å². The largest absolute Gasteiger partial charge is 0.383 e. The first-order valence-corrected chi connectivity index (χ1v) is 8.34. The number of carbonyl (C=O) groups excluding carboxylic acids is 2. The van der Waals surface area contributed by atoms with Gasteiger partial charge in [0, 0.05) is 5.69 Å². The highest BCUT2D eigenvalue weighted by Gasteiger charge is 2.17. The summed E-state index contributed by atoms with van der Waals surface area (Å²) >= 11 is 0. The number of aryl methyl sites for hydroxylation is 1. The molecule has 1 heterocycles. The summed E-state index contributed by atoms with van der Waals surface area (Å²) in [5, 5.41) is 9.15. The monoisotopic (exact) mass is 379 g/mol. The van der Waals surface area contributed by atoms with E-state index in [0.29, 0.717) is 0 Å². The molecule has 8 heteroatoms. The molecule has 0 unspecified atom stereocenters. The second-order valence-electron chi connectivity index (χ2n) is 5.98. The van der Waals surface area contributed by atoms with Crippen LogP contribution >= 0.6 is 0 Å². The molecule has 2 aromatic carbocycles. The second kappa shape index (κ2) is 7.75. The number of hydrogen-bond donors (Lipinski definition) is 3. The maximum Gasteiger partial charge on any atom is 0.261 e. The lowest BCUT2D eigenvalue weighted by atomic mass is 10.2. The van der Waals surface area contributed by atoms with Crippen molar-refractivity contribution in [3.8, 4) is 5.69 Å². The molecule has 7 nitrogen and oxygen atoms in total. The highest BCUT2D eigenvalue weighted by atomic mass is 19.1. The molecule has 28 heavy (non-hydrogen) atoms. The van der Waals surface area contributed by atoms with Crippen molar-refractivity contribution in [2.45, 2.75) is 6.92 Å². The lowest BCUT2D eigenvalue weighted by Gasteiger charge is -2.10. The fourth-order valence-electron chi connectivity index (χ4n) is 2.61. The van der Waals surface area contributed by atoms with Crippen LogP contribution in [0, 0.1) is 12.7 Å². The molecule has 0 aliphatic carbocycles. The summed E-state index contributed by atoms with van der Waals surface area (Å²) < 4.78 is 15.3. The molecule has 0 fully saturated rings. The molecule has 0 spiro atoms. The number of nitrogens with one attached hydrogen (secondary N) is 2. The second-order valence-corrected chi connectivity index (χ2v) is 5.98. The normalized spacial score (nSPS) is 10.4. The molecule has 0 radical (unpaired) electrons. The van der Waals surface area contributed by atoms with Gasteiger partial charge in [0.25, 0.3) is 5.91 Å². The van der Waals surface area contributed by atoms with Gasteiger partial charge in [-0.2, -0.15) is 5.10 Å². The summed E-state index contributed by atoms with van der Waals surface area (Å²) in [5.74, 6) is -1.54. The molecule has 0 aliphatic rings. The fraction of sp³-hybridized carbons (Fsp3) is 0.0500. The van der Waals surface area contributed by atoms with Crippen molar-refractivity contribution in [3.05, 3.63) is 78.3 Å². The maximum absolute atomic E-state index is 13.8. The molecule has 1 aromatic heterocycles. The summed E-state index contributed by atoms with van der Waals surface area (Å²) in [5.41, 5.74) is 8.20. The Morgan fingerprint density at radius 3 is 2.68 bits per heavy atom. The number of rotatable bonds is 5. The number of hydrogen-bond acceptors (Lipinski definition) is 4. The Kier molecular flexibility index (Phi) is 5.21. The number of nitrogens with two attached hydrogens (primary N) is 1. The Balaban J connectivity index is 1.85. The number of anilines is 3. The van der Waals surface area contributed by atoms with Crippen molar-refractivity contribution in [2.75, 3.05) is 16.4 Å². The van der Waals surface area contributed by atoms with E-state index < -0.39 is 17.6 Å². The molecule has 142 valence electrons. The summed E-state index contributed by atoms with van der Waals surface area (Å²) in [6, 6.07) is 11.3. The molecule has 0 atom stereocenters. The topological polar surface area (TPSA) is 102 Å². The Morgan fingerprint density at radius 1 is 1.21 bits per heavy atom. The Bertz CT molecular complexity index is 1070. The Morgan fingerprint density at radius 2 is 1.96 bits per heavy atom. The molecule has 4 N–H and O–H groups in total. The summed E-state index contributed by atoms with van der Waals surface area (Å²) in [6.45, 7) is 5.22. The summed E-state index contributed by atoms with van der Waals surface area (Å²) in [7, 11) is 0. The SMILES string of the molecule is C=CC(=O)Nc1cc(NC(=O)c2cnn(-c3ccccc3C)c2N)ccc1F. The standard InChI is InChI=1S/C20H18FN5O2/c1-3-18(27)25-16-10-13(8-9-15(16)21)24-20(28)14-11-23-26(19(14)22)17-7-5-4-6-12(17)2/h3-11H,1,22H2,2H3,(H,24,28)(H,25,27). The van der Waals surface area contributed by atoms with Crippen LogP contribution in [0.4, 0.5) is 21.6 Å². The van der Waals surface area contributed by atoms with Gasteiger partial charge in [0.05, 0.1) is 17.6 Å². The van der Waals surface area contributed by atoms with Crippen LogP contribution in [0.2, 0.25) is 0 Å². The number of aromatic nitrogens is 2. The van der Waals surface area contributed by atoms with Crippen molar-refractivity contribution >= 4 is 29.0 Å². The molecule has 0 saturated carbocycles. The number of amides is 2. The number of nitrogens with zero attached hydrogens (tertiary/aromatic N) is 2. The van der Waals surface area contributed by atoms with E-state index in [9.17, 15) is 14.0 Å². The zero-order valence-corrected chi connectivity index (χ0v) is 15.1. The van der Waals surface area contributed by atoms with Gasteiger partial charge in [-0.3, -0.25) is 9.59 Å². The van der Waals surface area contributed by atoms with Crippen molar-refractivity contribution in [1.82, 2.24) is 9.78 Å². The van der Waals surface area contributed by atoms with Gasteiger partial charge in [-0.05, 0) is 42.8 Å². The van der Waals surface area contributed by atoms with E-state index in [2.05, 4.69) is 22.3 Å². The number of carbonyl (C=O) groups is 2. The Hall–Kier alpha value is -3.94. The molecule has 2 amide bonds. The predicted molar refractivity (Wildman–Crippen MR) is 106 cm³/mol. The van der Waals surface area contributed by atoms with E-state index in [4.69, 9.17) is 5.73 Å². The van der Waals surface area contributed by atoms with Crippen LogP contribution in [-0.2, 0) is 4.79 Å². The van der Waals surface area contributed by atoms with Crippen molar-refractivity contribution in [3.63, 3.8) is 0 Å². The van der Waals surface area contributed by atoms with Crippen LogP contribution in [0.1, 0.15) is 15.9 Å². The predicted octanol–water partition coefficient (Wildman–Crippen LogP) is 3.28. The minimum Gasteiger partial charge on any atom is -0.383 e. The molecule has 0 aliphatic heterocycles. The van der Waals surface area contributed by atoms with E-state index in [1.165, 1.54) is 23.0 Å². The van der Waals surface area contributed by atoms with Crippen molar-refractivity contribution in [2.24, 2.45) is 0 Å².